The third-order valence-electron chi connectivity index (χ3n) is 3.46. The summed E-state index contributed by atoms with van der Waals surface area (Å²) in [6.07, 6.45) is 3.87. The normalized spacial score (nSPS) is 11.1. The van der Waals surface area contributed by atoms with Gasteiger partial charge in [0.2, 0.25) is 0 Å². The Hall–Kier alpha value is -2.48. The van der Waals surface area contributed by atoms with Crippen LogP contribution in [0.15, 0.2) is 67.3 Å². The molecule has 0 fully saturated rings. The van der Waals surface area contributed by atoms with Crippen LogP contribution in [0.5, 0.6) is 5.75 Å². The fourth-order valence-corrected chi connectivity index (χ4v) is 2.31. The zero-order chi connectivity index (χ0) is 15.9. The summed E-state index contributed by atoms with van der Waals surface area (Å²) in [6.45, 7) is 6.51. The van der Waals surface area contributed by atoms with Gasteiger partial charge in [-0.25, -0.2) is 0 Å². The second kappa shape index (κ2) is 7.51. The summed E-state index contributed by atoms with van der Waals surface area (Å²) in [7, 11) is 4.09. The van der Waals surface area contributed by atoms with Crippen LogP contribution in [-0.2, 0) is 0 Å². The van der Waals surface area contributed by atoms with Crippen LogP contribution in [-0.4, -0.2) is 20.7 Å². The van der Waals surface area contributed by atoms with Gasteiger partial charge in [-0.2, -0.15) is 0 Å². The Bertz CT molecular complexity index is 636. The molecule has 2 heteroatoms. The van der Waals surface area contributed by atoms with Crippen molar-refractivity contribution in [2.45, 2.75) is 6.92 Å². The lowest BCUT2D eigenvalue weighted by atomic mass is 9.97. The van der Waals surface area contributed by atoms with Gasteiger partial charge in [-0.05, 0) is 47.9 Å². The Balaban J connectivity index is 2.33. The van der Waals surface area contributed by atoms with E-state index in [1.54, 1.807) is 0 Å². The van der Waals surface area contributed by atoms with Crippen LogP contribution in [0.3, 0.4) is 0 Å². The monoisotopic (exact) mass is 293 g/mol. The topological polar surface area (TPSA) is 12.5 Å². The van der Waals surface area contributed by atoms with Gasteiger partial charge in [0.15, 0.2) is 0 Å². The highest BCUT2D eigenvalue weighted by Gasteiger charge is 2.05. The molecular formula is C20H23NO. The predicted molar refractivity (Wildman–Crippen MR) is 95.7 cm³/mol. The summed E-state index contributed by atoms with van der Waals surface area (Å²) in [6, 6.07) is 16.7. The van der Waals surface area contributed by atoms with E-state index in [0.717, 1.165) is 16.9 Å². The van der Waals surface area contributed by atoms with Crippen LogP contribution < -0.4 is 9.64 Å². The SMILES string of the molecule is C=C/C=C(/c1ccc(OCC)cc1)c1ccc(N(C)C)cc1. The van der Waals surface area contributed by atoms with Crippen molar-refractivity contribution < 1.29 is 4.74 Å². The van der Waals surface area contributed by atoms with Crippen LogP contribution in [0, 0.1) is 0 Å². The molecular weight excluding hydrogens is 270 g/mol. The number of hydrogen-bond donors (Lipinski definition) is 0. The van der Waals surface area contributed by atoms with E-state index in [1.807, 2.05) is 45.3 Å². The van der Waals surface area contributed by atoms with Crippen LogP contribution in [0.25, 0.3) is 5.57 Å². The maximum atomic E-state index is 5.50. The fourth-order valence-electron chi connectivity index (χ4n) is 2.31. The molecule has 0 N–H and O–H groups in total. The Morgan fingerprint density at radius 1 is 1.00 bits per heavy atom. The summed E-state index contributed by atoms with van der Waals surface area (Å²) in [4.78, 5) is 2.09. The zero-order valence-corrected chi connectivity index (χ0v) is 13.5. The fraction of sp³-hybridized carbons (Fsp3) is 0.200. The molecule has 22 heavy (non-hydrogen) atoms. The van der Waals surface area contributed by atoms with Gasteiger partial charge in [0.05, 0.1) is 6.61 Å². The maximum Gasteiger partial charge on any atom is 0.119 e. The van der Waals surface area contributed by atoms with Crippen molar-refractivity contribution in [3.8, 4) is 5.75 Å². The van der Waals surface area contributed by atoms with E-state index >= 15 is 0 Å². The molecule has 2 rings (SSSR count). The molecule has 2 nitrogen and oxygen atoms in total. The average Bonchev–Trinajstić information content (AvgIpc) is 2.54. The van der Waals surface area contributed by atoms with Crippen molar-refractivity contribution in [1.29, 1.82) is 0 Å². The largest absolute Gasteiger partial charge is 0.494 e. The molecule has 0 aliphatic rings. The number of hydrogen-bond acceptors (Lipinski definition) is 2. The summed E-state index contributed by atoms with van der Waals surface area (Å²) in [5.74, 6) is 0.896. The van der Waals surface area contributed by atoms with Gasteiger partial charge in [-0.1, -0.05) is 43.0 Å². The molecule has 0 amide bonds. The first kappa shape index (κ1) is 15.9. The second-order valence-corrected chi connectivity index (χ2v) is 5.21. The Kier molecular flexibility index (Phi) is 5.42. The highest BCUT2D eigenvalue weighted by atomic mass is 16.5. The summed E-state index contributed by atoms with van der Waals surface area (Å²) < 4.78 is 5.50. The number of anilines is 1. The van der Waals surface area contributed by atoms with Crippen LogP contribution >= 0.6 is 0 Å². The number of allylic oxidation sites excluding steroid dienone is 2. The molecule has 0 atom stereocenters. The molecule has 0 aliphatic heterocycles. The summed E-state index contributed by atoms with van der Waals surface area (Å²) in [5.41, 5.74) is 4.67. The third kappa shape index (κ3) is 3.79. The van der Waals surface area contributed by atoms with Gasteiger partial charge in [-0.15, -0.1) is 0 Å². The Labute approximate surface area is 133 Å². The van der Waals surface area contributed by atoms with E-state index in [9.17, 15) is 0 Å². The minimum atomic E-state index is 0.681. The van der Waals surface area contributed by atoms with Crippen LogP contribution in [0.4, 0.5) is 5.69 Å². The Morgan fingerprint density at radius 3 is 2.00 bits per heavy atom. The quantitative estimate of drug-likeness (QED) is 0.711. The standard InChI is InChI=1S/C20H23NO/c1-5-7-20(16-8-12-18(13-9-16)21(3)4)17-10-14-19(15-11-17)22-6-2/h5,7-15H,1,6H2,2-4H3/b20-7+. The van der Waals surface area contributed by atoms with Gasteiger partial charge < -0.3 is 9.64 Å². The molecule has 0 aliphatic carbocycles. The second-order valence-electron chi connectivity index (χ2n) is 5.21. The van der Waals surface area contributed by atoms with E-state index < -0.39 is 0 Å². The first-order chi connectivity index (χ1) is 10.7. The molecule has 0 unspecified atom stereocenters. The molecule has 2 aromatic rings. The average molecular weight is 293 g/mol. The third-order valence-corrected chi connectivity index (χ3v) is 3.46. The molecule has 0 radical (unpaired) electrons. The molecule has 0 spiro atoms. The van der Waals surface area contributed by atoms with Crippen molar-refractivity contribution in [3.05, 3.63) is 78.4 Å². The van der Waals surface area contributed by atoms with E-state index in [-0.39, 0.29) is 0 Å². The van der Waals surface area contributed by atoms with E-state index in [1.165, 1.54) is 11.3 Å². The molecule has 0 saturated carbocycles. The first-order valence-corrected chi connectivity index (χ1v) is 7.49. The smallest absolute Gasteiger partial charge is 0.119 e. The minimum absolute atomic E-state index is 0.681. The number of rotatable bonds is 6. The van der Waals surface area contributed by atoms with Gasteiger partial charge in [0.1, 0.15) is 5.75 Å². The number of nitrogens with zero attached hydrogens (tertiary/aromatic N) is 1. The first-order valence-electron chi connectivity index (χ1n) is 7.49. The van der Waals surface area contributed by atoms with Crippen molar-refractivity contribution in [3.63, 3.8) is 0 Å². The highest BCUT2D eigenvalue weighted by molar-refractivity contribution is 5.81. The van der Waals surface area contributed by atoms with Gasteiger partial charge >= 0.3 is 0 Å². The highest BCUT2D eigenvalue weighted by Crippen LogP contribution is 2.27. The van der Waals surface area contributed by atoms with Gasteiger partial charge in [-0.3, -0.25) is 0 Å². The molecule has 0 saturated heterocycles. The maximum absolute atomic E-state index is 5.50. The Morgan fingerprint density at radius 2 is 1.55 bits per heavy atom. The lowest BCUT2D eigenvalue weighted by molar-refractivity contribution is 0.340. The number of benzene rings is 2. The molecule has 0 aromatic heterocycles. The van der Waals surface area contributed by atoms with Crippen LogP contribution in [0.1, 0.15) is 18.1 Å². The molecule has 114 valence electrons. The van der Waals surface area contributed by atoms with Gasteiger partial charge in [0, 0.05) is 19.8 Å². The van der Waals surface area contributed by atoms with E-state index in [0.29, 0.717) is 6.61 Å². The summed E-state index contributed by atoms with van der Waals surface area (Å²) in [5, 5.41) is 0. The van der Waals surface area contributed by atoms with Crippen molar-refractivity contribution >= 4 is 11.3 Å². The van der Waals surface area contributed by atoms with Crippen LogP contribution in [0.2, 0.25) is 0 Å². The minimum Gasteiger partial charge on any atom is -0.494 e. The lowest BCUT2D eigenvalue weighted by Gasteiger charge is -2.14. The van der Waals surface area contributed by atoms with Crippen molar-refractivity contribution in [1.82, 2.24) is 0 Å². The van der Waals surface area contributed by atoms with Crippen molar-refractivity contribution in [2.75, 3.05) is 25.6 Å². The number of ether oxygens (including phenoxy) is 1. The van der Waals surface area contributed by atoms with Crippen molar-refractivity contribution in [2.24, 2.45) is 0 Å². The summed E-state index contributed by atoms with van der Waals surface area (Å²) >= 11 is 0. The zero-order valence-electron chi connectivity index (χ0n) is 13.5. The lowest BCUT2D eigenvalue weighted by Crippen LogP contribution is -2.08. The van der Waals surface area contributed by atoms with E-state index in [4.69, 9.17) is 4.74 Å². The van der Waals surface area contributed by atoms with Gasteiger partial charge in [0.25, 0.3) is 0 Å². The predicted octanol–water partition coefficient (Wildman–Crippen LogP) is 4.77. The molecule has 2 aromatic carbocycles. The van der Waals surface area contributed by atoms with E-state index in [2.05, 4.69) is 47.9 Å². The molecule has 0 heterocycles. The molecule has 0 bridgehead atoms.